The molecule has 3 rings (SSSR count). The van der Waals surface area contributed by atoms with E-state index < -0.39 is 5.97 Å². The Bertz CT molecular complexity index is 764. The maximum Gasteiger partial charge on any atom is 0.347 e. The molecule has 0 radical (unpaired) electrons. The standard InChI is InChI=1S/C17H12O3/c18-16-14-9-5-4-6-12(14)10-11-15(16)17(19)20-13-7-2-1-3-8-13/h1-11,18H. The van der Waals surface area contributed by atoms with E-state index >= 15 is 0 Å². The molecule has 0 unspecified atom stereocenters. The van der Waals surface area contributed by atoms with E-state index in [9.17, 15) is 9.90 Å². The second kappa shape index (κ2) is 5.05. The van der Waals surface area contributed by atoms with E-state index in [4.69, 9.17) is 4.74 Å². The number of benzene rings is 3. The topological polar surface area (TPSA) is 46.5 Å². The highest BCUT2D eigenvalue weighted by Crippen LogP contribution is 2.29. The van der Waals surface area contributed by atoms with Crippen LogP contribution in [0.2, 0.25) is 0 Å². The fourth-order valence-corrected chi connectivity index (χ4v) is 2.07. The number of carbonyl (C=O) groups excluding carboxylic acids is 1. The predicted octanol–water partition coefficient (Wildman–Crippen LogP) is 3.76. The highest BCUT2D eigenvalue weighted by Gasteiger charge is 2.15. The van der Waals surface area contributed by atoms with E-state index in [2.05, 4.69) is 0 Å². The van der Waals surface area contributed by atoms with Crippen LogP contribution in [0.4, 0.5) is 0 Å². The zero-order valence-corrected chi connectivity index (χ0v) is 10.6. The van der Waals surface area contributed by atoms with Crippen molar-refractivity contribution in [3.8, 4) is 11.5 Å². The number of phenols is 1. The first-order valence-corrected chi connectivity index (χ1v) is 6.23. The Morgan fingerprint density at radius 3 is 2.35 bits per heavy atom. The molecule has 98 valence electrons. The Labute approximate surface area is 116 Å². The average molecular weight is 264 g/mol. The van der Waals surface area contributed by atoms with Gasteiger partial charge in [0.25, 0.3) is 0 Å². The van der Waals surface area contributed by atoms with Gasteiger partial charge < -0.3 is 9.84 Å². The van der Waals surface area contributed by atoms with Gasteiger partial charge in [-0.15, -0.1) is 0 Å². The molecular weight excluding hydrogens is 252 g/mol. The number of esters is 1. The van der Waals surface area contributed by atoms with Crippen LogP contribution in [0, 0.1) is 0 Å². The van der Waals surface area contributed by atoms with Crippen molar-refractivity contribution in [3.63, 3.8) is 0 Å². The van der Waals surface area contributed by atoms with Crippen LogP contribution in [0.25, 0.3) is 10.8 Å². The number of ether oxygens (including phenoxy) is 1. The van der Waals surface area contributed by atoms with Gasteiger partial charge in [-0.2, -0.15) is 0 Å². The predicted molar refractivity (Wildman–Crippen MR) is 77.0 cm³/mol. The Morgan fingerprint density at radius 1 is 0.850 bits per heavy atom. The van der Waals surface area contributed by atoms with E-state index in [1.165, 1.54) is 0 Å². The van der Waals surface area contributed by atoms with Crippen LogP contribution < -0.4 is 4.74 Å². The van der Waals surface area contributed by atoms with E-state index in [1.807, 2.05) is 24.3 Å². The van der Waals surface area contributed by atoms with Gasteiger partial charge in [0, 0.05) is 5.39 Å². The third-order valence-electron chi connectivity index (χ3n) is 3.07. The summed E-state index contributed by atoms with van der Waals surface area (Å²) in [6, 6.07) is 19.5. The summed E-state index contributed by atoms with van der Waals surface area (Å²) in [6.07, 6.45) is 0. The molecule has 0 amide bonds. The molecule has 0 saturated heterocycles. The normalized spacial score (nSPS) is 10.4. The number of carbonyl (C=O) groups is 1. The van der Waals surface area contributed by atoms with Crippen LogP contribution in [0.5, 0.6) is 11.5 Å². The second-order valence-electron chi connectivity index (χ2n) is 4.39. The van der Waals surface area contributed by atoms with Crippen molar-refractivity contribution in [2.24, 2.45) is 0 Å². The average Bonchev–Trinajstić information content (AvgIpc) is 2.49. The van der Waals surface area contributed by atoms with Gasteiger partial charge >= 0.3 is 5.97 Å². The zero-order valence-electron chi connectivity index (χ0n) is 10.6. The molecule has 20 heavy (non-hydrogen) atoms. The SMILES string of the molecule is O=C(Oc1ccccc1)c1ccc2ccccc2c1O. The van der Waals surface area contributed by atoms with E-state index in [1.54, 1.807) is 42.5 Å². The maximum atomic E-state index is 12.1. The van der Waals surface area contributed by atoms with Crippen molar-refractivity contribution in [3.05, 3.63) is 72.3 Å². The van der Waals surface area contributed by atoms with Crippen LogP contribution in [-0.4, -0.2) is 11.1 Å². The summed E-state index contributed by atoms with van der Waals surface area (Å²) in [5, 5.41) is 11.7. The minimum atomic E-state index is -0.570. The Morgan fingerprint density at radius 2 is 1.55 bits per heavy atom. The van der Waals surface area contributed by atoms with Crippen LogP contribution in [0.3, 0.4) is 0 Å². The van der Waals surface area contributed by atoms with E-state index in [-0.39, 0.29) is 11.3 Å². The van der Waals surface area contributed by atoms with Crippen molar-refractivity contribution in [2.75, 3.05) is 0 Å². The molecule has 0 bridgehead atoms. The van der Waals surface area contributed by atoms with Gasteiger partial charge in [-0.3, -0.25) is 0 Å². The lowest BCUT2D eigenvalue weighted by molar-refractivity contribution is 0.0732. The third-order valence-corrected chi connectivity index (χ3v) is 3.07. The molecule has 1 N–H and O–H groups in total. The lowest BCUT2D eigenvalue weighted by Crippen LogP contribution is -2.08. The van der Waals surface area contributed by atoms with Gasteiger partial charge in [0.05, 0.1) is 0 Å². The first kappa shape index (κ1) is 12.2. The fraction of sp³-hybridized carbons (Fsp3) is 0. The first-order chi connectivity index (χ1) is 9.75. The van der Waals surface area contributed by atoms with Gasteiger partial charge in [0.15, 0.2) is 0 Å². The molecule has 0 heterocycles. The van der Waals surface area contributed by atoms with E-state index in [0.29, 0.717) is 11.1 Å². The van der Waals surface area contributed by atoms with Crippen LogP contribution >= 0.6 is 0 Å². The highest BCUT2D eigenvalue weighted by molar-refractivity contribution is 6.01. The zero-order chi connectivity index (χ0) is 13.9. The third kappa shape index (κ3) is 2.21. The molecule has 0 atom stereocenters. The molecule has 0 fully saturated rings. The fourth-order valence-electron chi connectivity index (χ4n) is 2.07. The molecule has 3 heteroatoms. The number of rotatable bonds is 2. The number of hydrogen-bond acceptors (Lipinski definition) is 3. The molecule has 3 aromatic carbocycles. The molecule has 0 aromatic heterocycles. The van der Waals surface area contributed by atoms with Crippen molar-refractivity contribution in [1.29, 1.82) is 0 Å². The highest BCUT2D eigenvalue weighted by atomic mass is 16.5. The smallest absolute Gasteiger partial charge is 0.347 e. The molecule has 3 aromatic rings. The Hall–Kier alpha value is -2.81. The van der Waals surface area contributed by atoms with Gasteiger partial charge in [-0.25, -0.2) is 4.79 Å². The summed E-state index contributed by atoms with van der Waals surface area (Å²) in [7, 11) is 0. The lowest BCUT2D eigenvalue weighted by Gasteiger charge is -2.08. The van der Waals surface area contributed by atoms with Gasteiger partial charge in [-0.05, 0) is 23.6 Å². The number of aromatic hydroxyl groups is 1. The minimum absolute atomic E-state index is 0.0518. The Balaban J connectivity index is 1.98. The van der Waals surface area contributed by atoms with Gasteiger partial charge in [0.2, 0.25) is 0 Å². The number of hydrogen-bond donors (Lipinski definition) is 1. The summed E-state index contributed by atoms with van der Waals surface area (Å²) in [4.78, 5) is 12.1. The van der Waals surface area contributed by atoms with Crippen molar-refractivity contribution >= 4 is 16.7 Å². The quantitative estimate of drug-likeness (QED) is 0.566. The van der Waals surface area contributed by atoms with Gasteiger partial charge in [0.1, 0.15) is 17.1 Å². The number of fused-ring (bicyclic) bond motifs is 1. The Kier molecular flexibility index (Phi) is 3.09. The molecule has 0 aliphatic carbocycles. The van der Waals surface area contributed by atoms with Crippen molar-refractivity contribution in [1.82, 2.24) is 0 Å². The van der Waals surface area contributed by atoms with Crippen LogP contribution in [-0.2, 0) is 0 Å². The molecule has 0 aliphatic heterocycles. The maximum absolute atomic E-state index is 12.1. The largest absolute Gasteiger partial charge is 0.506 e. The molecule has 3 nitrogen and oxygen atoms in total. The summed E-state index contributed by atoms with van der Waals surface area (Å²) < 4.78 is 5.23. The molecule has 0 aliphatic rings. The minimum Gasteiger partial charge on any atom is -0.506 e. The number of phenolic OH excluding ortho intramolecular Hbond substituents is 1. The summed E-state index contributed by atoms with van der Waals surface area (Å²) in [6.45, 7) is 0. The molecular formula is C17H12O3. The van der Waals surface area contributed by atoms with Crippen LogP contribution in [0.15, 0.2) is 66.7 Å². The first-order valence-electron chi connectivity index (χ1n) is 6.23. The monoisotopic (exact) mass is 264 g/mol. The van der Waals surface area contributed by atoms with E-state index in [0.717, 1.165) is 5.39 Å². The summed E-state index contributed by atoms with van der Waals surface area (Å²) in [5.74, 6) is -0.173. The van der Waals surface area contributed by atoms with Gasteiger partial charge in [-0.1, -0.05) is 48.5 Å². The van der Waals surface area contributed by atoms with Crippen molar-refractivity contribution in [2.45, 2.75) is 0 Å². The lowest BCUT2D eigenvalue weighted by atomic mass is 10.1. The summed E-state index contributed by atoms with van der Waals surface area (Å²) >= 11 is 0. The van der Waals surface area contributed by atoms with Crippen molar-refractivity contribution < 1.29 is 14.6 Å². The number of para-hydroxylation sites is 1. The molecule has 0 saturated carbocycles. The van der Waals surface area contributed by atoms with Crippen LogP contribution in [0.1, 0.15) is 10.4 Å². The molecule has 0 spiro atoms. The second-order valence-corrected chi connectivity index (χ2v) is 4.39. The summed E-state index contributed by atoms with van der Waals surface area (Å²) in [5.41, 5.74) is 0.160.